The Morgan fingerprint density at radius 3 is 2.48 bits per heavy atom. The van der Waals surface area contributed by atoms with Crippen LogP contribution < -0.4 is 0 Å². The second-order valence-corrected chi connectivity index (χ2v) is 6.98. The van der Waals surface area contributed by atoms with Crippen molar-refractivity contribution in [2.24, 2.45) is 0 Å². The lowest BCUT2D eigenvalue weighted by atomic mass is 10.00. The molecule has 0 saturated heterocycles. The van der Waals surface area contributed by atoms with Crippen molar-refractivity contribution in [2.45, 2.75) is 39.0 Å². The Labute approximate surface area is 146 Å². The third kappa shape index (κ3) is 4.20. The van der Waals surface area contributed by atoms with E-state index in [1.54, 1.807) is 0 Å². The van der Waals surface area contributed by atoms with Crippen LogP contribution in [0.2, 0.25) is 0 Å². The van der Waals surface area contributed by atoms with Crippen molar-refractivity contribution in [1.29, 1.82) is 0 Å². The maximum absolute atomic E-state index is 4.48. The molecule has 0 aliphatic carbocycles. The number of hydrogen-bond donors (Lipinski definition) is 0. The Morgan fingerprint density at radius 2 is 1.70 bits per heavy atom. The number of pyridine rings is 1. The fourth-order valence-corrected chi connectivity index (χ4v) is 3.15. The van der Waals surface area contributed by atoms with Crippen molar-refractivity contribution in [1.82, 2.24) is 4.98 Å². The zero-order valence-electron chi connectivity index (χ0n) is 13.6. The summed E-state index contributed by atoms with van der Waals surface area (Å²) in [6.07, 6.45) is 8.30. The van der Waals surface area contributed by atoms with Crippen LogP contribution in [0.1, 0.15) is 38.2 Å². The van der Waals surface area contributed by atoms with Crippen molar-refractivity contribution >= 4 is 26.7 Å². The number of aryl methyl sites for hydroxylation is 1. The van der Waals surface area contributed by atoms with Crippen LogP contribution in [0.15, 0.2) is 59.2 Å². The van der Waals surface area contributed by atoms with Crippen molar-refractivity contribution in [3.8, 4) is 11.3 Å². The molecule has 0 saturated carbocycles. The molecule has 0 aliphatic heterocycles. The maximum Gasteiger partial charge on any atom is 0.0703 e. The van der Waals surface area contributed by atoms with E-state index in [9.17, 15) is 0 Å². The smallest absolute Gasteiger partial charge is 0.0703 e. The third-order valence-electron chi connectivity index (χ3n) is 4.25. The first kappa shape index (κ1) is 16.2. The number of halogens is 1. The van der Waals surface area contributed by atoms with E-state index in [0.29, 0.717) is 0 Å². The summed E-state index contributed by atoms with van der Waals surface area (Å²) in [7, 11) is 0. The molecule has 23 heavy (non-hydrogen) atoms. The molecule has 0 fully saturated rings. The van der Waals surface area contributed by atoms with E-state index in [1.807, 2.05) is 18.3 Å². The molecule has 3 aromatic rings. The Morgan fingerprint density at radius 1 is 0.870 bits per heavy atom. The molecule has 2 aromatic carbocycles. The molecule has 0 amide bonds. The normalized spacial score (nSPS) is 11.0. The first-order chi connectivity index (χ1) is 11.3. The van der Waals surface area contributed by atoms with Gasteiger partial charge >= 0.3 is 0 Å². The van der Waals surface area contributed by atoms with E-state index in [-0.39, 0.29) is 0 Å². The summed E-state index contributed by atoms with van der Waals surface area (Å²) < 4.78 is 1.01. The summed E-state index contributed by atoms with van der Waals surface area (Å²) in [5.74, 6) is 0. The number of benzene rings is 2. The van der Waals surface area contributed by atoms with E-state index in [2.05, 4.69) is 64.2 Å². The predicted molar refractivity (Wildman–Crippen MR) is 103 cm³/mol. The van der Waals surface area contributed by atoms with Gasteiger partial charge in [0.25, 0.3) is 0 Å². The second-order valence-electron chi connectivity index (χ2n) is 6.07. The number of unbranched alkanes of at least 4 members (excludes halogenated alkanes) is 3. The highest BCUT2D eigenvalue weighted by atomic mass is 79.9. The Balaban J connectivity index is 1.79. The Bertz CT molecular complexity index is 777. The lowest BCUT2D eigenvalue weighted by molar-refractivity contribution is 0.667. The molecule has 3 rings (SSSR count). The monoisotopic (exact) mass is 367 g/mol. The van der Waals surface area contributed by atoms with Crippen LogP contribution >= 0.6 is 15.9 Å². The van der Waals surface area contributed by atoms with E-state index in [0.717, 1.165) is 10.2 Å². The highest BCUT2D eigenvalue weighted by molar-refractivity contribution is 9.10. The van der Waals surface area contributed by atoms with Gasteiger partial charge in [-0.1, -0.05) is 56.5 Å². The van der Waals surface area contributed by atoms with Gasteiger partial charge in [-0.2, -0.15) is 0 Å². The molecular weight excluding hydrogens is 346 g/mol. The van der Waals surface area contributed by atoms with Gasteiger partial charge < -0.3 is 0 Å². The van der Waals surface area contributed by atoms with Crippen molar-refractivity contribution in [3.05, 3.63) is 64.8 Å². The zero-order valence-corrected chi connectivity index (χ0v) is 15.1. The van der Waals surface area contributed by atoms with Gasteiger partial charge in [0, 0.05) is 16.2 Å². The lowest BCUT2D eigenvalue weighted by Crippen LogP contribution is -1.87. The van der Waals surface area contributed by atoms with Crippen LogP contribution in [0.25, 0.3) is 22.0 Å². The number of rotatable bonds is 6. The largest absolute Gasteiger partial charge is 0.255 e. The van der Waals surface area contributed by atoms with Crippen molar-refractivity contribution in [3.63, 3.8) is 0 Å². The quantitative estimate of drug-likeness (QED) is 0.437. The van der Waals surface area contributed by atoms with Gasteiger partial charge in [-0.25, -0.2) is 0 Å². The fourth-order valence-electron chi connectivity index (χ4n) is 2.91. The van der Waals surface area contributed by atoms with Crippen molar-refractivity contribution < 1.29 is 0 Å². The molecule has 2 heteroatoms. The summed E-state index contributed by atoms with van der Waals surface area (Å²) in [4.78, 5) is 4.48. The number of aromatic nitrogens is 1. The molecule has 0 aliphatic rings. The summed E-state index contributed by atoms with van der Waals surface area (Å²) in [5, 5.41) is 2.60. The van der Waals surface area contributed by atoms with Gasteiger partial charge in [0.2, 0.25) is 0 Å². The number of hydrogen-bond acceptors (Lipinski definition) is 1. The average Bonchev–Trinajstić information content (AvgIpc) is 2.59. The molecule has 0 spiro atoms. The van der Waals surface area contributed by atoms with Gasteiger partial charge in [-0.15, -0.1) is 0 Å². The molecule has 1 aromatic heterocycles. The van der Waals surface area contributed by atoms with Gasteiger partial charge in [-0.05, 0) is 63.3 Å². The Kier molecular flexibility index (Phi) is 5.45. The molecule has 0 N–H and O–H groups in total. The number of nitrogens with zero attached hydrogens (tertiary/aromatic N) is 1. The SMILES string of the molecule is CCCCCCc1ccc2cc(-c3ccc(Br)cn3)ccc2c1. The molecule has 1 nitrogen and oxygen atoms in total. The van der Waals surface area contributed by atoms with Crippen LogP contribution in [0.4, 0.5) is 0 Å². The van der Waals surface area contributed by atoms with E-state index >= 15 is 0 Å². The number of fused-ring (bicyclic) bond motifs is 1. The summed E-state index contributed by atoms with van der Waals surface area (Å²) >= 11 is 3.43. The summed E-state index contributed by atoms with van der Waals surface area (Å²) in [5.41, 5.74) is 3.63. The van der Waals surface area contributed by atoms with Crippen LogP contribution in [0.3, 0.4) is 0 Å². The summed E-state index contributed by atoms with van der Waals surface area (Å²) in [6.45, 7) is 2.26. The van der Waals surface area contributed by atoms with E-state index in [4.69, 9.17) is 0 Å². The van der Waals surface area contributed by atoms with Crippen LogP contribution in [0.5, 0.6) is 0 Å². The molecule has 0 atom stereocenters. The van der Waals surface area contributed by atoms with Crippen LogP contribution in [0, 0.1) is 0 Å². The predicted octanol–water partition coefficient (Wildman–Crippen LogP) is 6.79. The maximum atomic E-state index is 4.48. The van der Waals surface area contributed by atoms with Crippen LogP contribution in [-0.4, -0.2) is 4.98 Å². The first-order valence-electron chi connectivity index (χ1n) is 8.41. The lowest BCUT2D eigenvalue weighted by Gasteiger charge is -2.06. The van der Waals surface area contributed by atoms with Gasteiger partial charge in [0.1, 0.15) is 0 Å². The average molecular weight is 368 g/mol. The second kappa shape index (κ2) is 7.74. The van der Waals surface area contributed by atoms with E-state index < -0.39 is 0 Å². The fraction of sp³-hybridized carbons (Fsp3) is 0.286. The minimum atomic E-state index is 1.01. The topological polar surface area (TPSA) is 12.9 Å². The molecule has 0 radical (unpaired) electrons. The summed E-state index contributed by atoms with van der Waals surface area (Å²) in [6, 6.07) is 17.5. The highest BCUT2D eigenvalue weighted by Crippen LogP contribution is 2.25. The van der Waals surface area contributed by atoms with Crippen molar-refractivity contribution in [2.75, 3.05) is 0 Å². The zero-order chi connectivity index (χ0) is 16.1. The van der Waals surface area contributed by atoms with Gasteiger partial charge in [0.15, 0.2) is 0 Å². The van der Waals surface area contributed by atoms with Gasteiger partial charge in [0.05, 0.1) is 5.69 Å². The minimum absolute atomic E-state index is 1.01. The minimum Gasteiger partial charge on any atom is -0.255 e. The molecule has 1 heterocycles. The highest BCUT2D eigenvalue weighted by Gasteiger charge is 2.02. The molecule has 118 valence electrons. The standard InChI is InChI=1S/C21H22BrN/c1-2-3-4-5-6-16-7-8-18-14-19(10-9-17(18)13-16)21-12-11-20(22)15-23-21/h7-15H,2-6H2,1H3. The first-order valence-corrected chi connectivity index (χ1v) is 9.20. The third-order valence-corrected chi connectivity index (χ3v) is 4.72. The molecule has 0 unspecified atom stereocenters. The van der Waals surface area contributed by atoms with Crippen LogP contribution in [-0.2, 0) is 6.42 Å². The molecular formula is C21H22BrN. The molecule has 0 bridgehead atoms. The van der Waals surface area contributed by atoms with Gasteiger partial charge in [-0.3, -0.25) is 4.98 Å². The van der Waals surface area contributed by atoms with E-state index in [1.165, 1.54) is 54.0 Å². The Hall–Kier alpha value is -1.67.